The average Bonchev–Trinajstić information content (AvgIpc) is 2.75. The molecule has 0 saturated carbocycles. The minimum Gasteiger partial charge on any atom is -0.392 e. The Morgan fingerprint density at radius 2 is 2.08 bits per heavy atom. The number of aliphatic hydroxyl groups is 1. The molecule has 1 heterocycles. The zero-order chi connectivity index (χ0) is 8.39. The largest absolute Gasteiger partial charge is 0.392 e. The maximum Gasteiger partial charge on any atom is 0.180 e. The fraction of sp³-hybridized carbons (Fsp3) is 0.556. The lowest BCUT2D eigenvalue weighted by Gasteiger charge is -2.10. The highest BCUT2D eigenvalue weighted by Gasteiger charge is 2.22. The molecule has 0 atom stereocenters. The van der Waals surface area contributed by atoms with Gasteiger partial charge in [-0.1, -0.05) is 12.2 Å². The van der Waals surface area contributed by atoms with E-state index in [-0.39, 0.29) is 12.9 Å². The molecule has 0 radical (unpaired) electrons. The molecule has 0 spiro atoms. The van der Waals surface area contributed by atoms with Crippen LogP contribution in [-0.4, -0.2) is 31.2 Å². The predicted octanol–water partition coefficient (Wildman–Crippen LogP) is 0.608. The lowest BCUT2D eigenvalue weighted by Crippen LogP contribution is -2.10. The molecule has 1 N–H and O–H groups in total. The number of hydrogen-bond donors (Lipinski definition) is 1. The van der Waals surface area contributed by atoms with Crippen molar-refractivity contribution in [2.45, 2.75) is 12.7 Å². The molecule has 2 rings (SSSR count). The van der Waals surface area contributed by atoms with Crippen LogP contribution in [0.4, 0.5) is 0 Å². The van der Waals surface area contributed by atoms with Gasteiger partial charge in [0.05, 0.1) is 19.8 Å². The van der Waals surface area contributed by atoms with Crippen molar-refractivity contribution in [2.75, 3.05) is 19.8 Å². The summed E-state index contributed by atoms with van der Waals surface area (Å²) in [5, 5.41) is 8.84. The minimum atomic E-state index is -0.162. The number of aliphatic hydroxyl groups excluding tert-OH is 1. The minimum absolute atomic E-state index is 0.132. The molecular formula is C9H12O3. The third-order valence-corrected chi connectivity index (χ3v) is 2.09. The molecule has 12 heavy (non-hydrogen) atoms. The first kappa shape index (κ1) is 7.98. The fourth-order valence-electron chi connectivity index (χ4n) is 1.45. The summed E-state index contributed by atoms with van der Waals surface area (Å²) in [5.74, 6) is 0. The first-order valence-electron chi connectivity index (χ1n) is 4.13. The Labute approximate surface area is 71.3 Å². The molecular weight excluding hydrogens is 156 g/mol. The van der Waals surface area contributed by atoms with Crippen molar-refractivity contribution in [3.63, 3.8) is 0 Å². The van der Waals surface area contributed by atoms with Crippen LogP contribution < -0.4 is 0 Å². The first-order valence-corrected chi connectivity index (χ1v) is 4.13. The highest BCUT2D eigenvalue weighted by atomic mass is 16.7. The topological polar surface area (TPSA) is 38.7 Å². The summed E-state index contributed by atoms with van der Waals surface area (Å²) in [6, 6.07) is 0. The quantitative estimate of drug-likeness (QED) is 0.656. The highest BCUT2D eigenvalue weighted by molar-refractivity contribution is 5.32. The van der Waals surface area contributed by atoms with Gasteiger partial charge in [-0.2, -0.15) is 0 Å². The van der Waals surface area contributed by atoms with Gasteiger partial charge in [-0.3, -0.25) is 0 Å². The standard InChI is InChI=1S/C9H12O3/c10-6-7-1-2-8(5-7)9-11-3-4-12-9/h1-2,9-10H,3-6H2. The molecule has 1 saturated heterocycles. The summed E-state index contributed by atoms with van der Waals surface area (Å²) in [5.41, 5.74) is 2.15. The summed E-state index contributed by atoms with van der Waals surface area (Å²) < 4.78 is 10.6. The van der Waals surface area contributed by atoms with Gasteiger partial charge in [-0.15, -0.1) is 0 Å². The van der Waals surface area contributed by atoms with E-state index in [1.807, 2.05) is 12.2 Å². The monoisotopic (exact) mass is 168 g/mol. The Bertz CT molecular complexity index is 224. The number of ether oxygens (including phenoxy) is 2. The van der Waals surface area contributed by atoms with Gasteiger partial charge < -0.3 is 14.6 Å². The van der Waals surface area contributed by atoms with Gasteiger partial charge >= 0.3 is 0 Å². The van der Waals surface area contributed by atoms with Crippen LogP contribution in [0.15, 0.2) is 23.3 Å². The molecule has 3 nitrogen and oxygen atoms in total. The van der Waals surface area contributed by atoms with E-state index in [1.165, 1.54) is 0 Å². The van der Waals surface area contributed by atoms with Crippen LogP contribution >= 0.6 is 0 Å². The summed E-state index contributed by atoms with van der Waals surface area (Å²) in [7, 11) is 0. The van der Waals surface area contributed by atoms with E-state index < -0.39 is 0 Å². The molecule has 1 aliphatic carbocycles. The molecule has 1 aliphatic heterocycles. The Morgan fingerprint density at radius 1 is 1.33 bits per heavy atom. The molecule has 0 aromatic carbocycles. The molecule has 1 fully saturated rings. The first-order chi connectivity index (χ1) is 5.90. The number of rotatable bonds is 2. The van der Waals surface area contributed by atoms with Gasteiger partial charge in [0.1, 0.15) is 0 Å². The zero-order valence-electron chi connectivity index (χ0n) is 6.82. The Kier molecular flexibility index (Phi) is 2.26. The van der Waals surface area contributed by atoms with Crippen molar-refractivity contribution in [1.29, 1.82) is 0 Å². The van der Waals surface area contributed by atoms with Crippen LogP contribution in [0, 0.1) is 0 Å². The van der Waals surface area contributed by atoms with E-state index in [0.717, 1.165) is 17.6 Å². The summed E-state index contributed by atoms with van der Waals surface area (Å²) in [4.78, 5) is 0. The highest BCUT2D eigenvalue weighted by Crippen LogP contribution is 2.25. The number of hydrogen-bond acceptors (Lipinski definition) is 3. The van der Waals surface area contributed by atoms with Crippen molar-refractivity contribution in [3.05, 3.63) is 23.3 Å². The molecule has 3 heteroatoms. The van der Waals surface area contributed by atoms with Crippen molar-refractivity contribution in [2.24, 2.45) is 0 Å². The second kappa shape index (κ2) is 3.39. The molecule has 2 aliphatic rings. The van der Waals surface area contributed by atoms with Crippen LogP contribution in [0.25, 0.3) is 0 Å². The lowest BCUT2D eigenvalue weighted by molar-refractivity contribution is -0.0123. The Morgan fingerprint density at radius 3 is 2.67 bits per heavy atom. The molecule has 66 valence electrons. The van der Waals surface area contributed by atoms with Gasteiger partial charge in [0.15, 0.2) is 6.29 Å². The van der Waals surface area contributed by atoms with Crippen LogP contribution in [-0.2, 0) is 9.47 Å². The molecule has 0 bridgehead atoms. The number of allylic oxidation sites excluding steroid dienone is 2. The van der Waals surface area contributed by atoms with E-state index in [2.05, 4.69) is 0 Å². The summed E-state index contributed by atoms with van der Waals surface area (Å²) in [6.45, 7) is 1.49. The van der Waals surface area contributed by atoms with E-state index >= 15 is 0 Å². The zero-order valence-corrected chi connectivity index (χ0v) is 6.82. The van der Waals surface area contributed by atoms with Crippen molar-refractivity contribution in [3.8, 4) is 0 Å². The van der Waals surface area contributed by atoms with Crippen molar-refractivity contribution in [1.82, 2.24) is 0 Å². The smallest absolute Gasteiger partial charge is 0.180 e. The third-order valence-electron chi connectivity index (χ3n) is 2.09. The van der Waals surface area contributed by atoms with Gasteiger partial charge in [0.2, 0.25) is 0 Å². The molecule has 0 amide bonds. The second-order valence-electron chi connectivity index (χ2n) is 2.97. The normalized spacial score (nSPS) is 24.4. The fourth-order valence-corrected chi connectivity index (χ4v) is 1.45. The molecule has 0 aromatic rings. The third kappa shape index (κ3) is 1.43. The van der Waals surface area contributed by atoms with Crippen LogP contribution in [0.1, 0.15) is 6.42 Å². The van der Waals surface area contributed by atoms with E-state index in [1.54, 1.807) is 0 Å². The Balaban J connectivity index is 1.92. The summed E-state index contributed by atoms with van der Waals surface area (Å²) in [6.07, 6.45) is 4.54. The van der Waals surface area contributed by atoms with Crippen molar-refractivity contribution < 1.29 is 14.6 Å². The lowest BCUT2D eigenvalue weighted by atomic mass is 10.1. The van der Waals surface area contributed by atoms with Gasteiger partial charge in [-0.05, 0) is 17.6 Å². The van der Waals surface area contributed by atoms with Gasteiger partial charge in [0.25, 0.3) is 0 Å². The molecule has 0 unspecified atom stereocenters. The van der Waals surface area contributed by atoms with Crippen LogP contribution in [0.2, 0.25) is 0 Å². The SMILES string of the molecule is OCC1=CC=C(C2OCCO2)C1. The van der Waals surface area contributed by atoms with Crippen LogP contribution in [0.5, 0.6) is 0 Å². The second-order valence-corrected chi connectivity index (χ2v) is 2.97. The molecule has 0 aromatic heterocycles. The van der Waals surface area contributed by atoms with Crippen LogP contribution in [0.3, 0.4) is 0 Å². The van der Waals surface area contributed by atoms with Gasteiger partial charge in [-0.25, -0.2) is 0 Å². The maximum atomic E-state index is 8.84. The maximum absolute atomic E-state index is 8.84. The predicted molar refractivity (Wildman–Crippen MR) is 43.6 cm³/mol. The van der Waals surface area contributed by atoms with Gasteiger partial charge in [0, 0.05) is 0 Å². The Hall–Kier alpha value is -0.640. The summed E-state index contributed by atoms with van der Waals surface area (Å²) >= 11 is 0. The average molecular weight is 168 g/mol. The van der Waals surface area contributed by atoms with E-state index in [0.29, 0.717) is 13.2 Å². The van der Waals surface area contributed by atoms with E-state index in [9.17, 15) is 0 Å². The van der Waals surface area contributed by atoms with E-state index in [4.69, 9.17) is 14.6 Å². The van der Waals surface area contributed by atoms with Crippen molar-refractivity contribution >= 4 is 0 Å².